The largest absolute Gasteiger partial charge is 0.478 e. The minimum Gasteiger partial charge on any atom is -0.478 e. The molecule has 1 heterocycles. The Labute approximate surface area is 118 Å². The minimum atomic E-state index is -0.574. The van der Waals surface area contributed by atoms with Crippen LogP contribution in [0.3, 0.4) is 0 Å². The maximum absolute atomic E-state index is 10.9. The summed E-state index contributed by atoms with van der Waals surface area (Å²) in [6.07, 6.45) is 2.67. The van der Waals surface area contributed by atoms with Gasteiger partial charge in [0.05, 0.1) is 4.92 Å². The van der Waals surface area contributed by atoms with E-state index in [4.69, 9.17) is 9.26 Å². The highest BCUT2D eigenvalue weighted by Crippen LogP contribution is 2.38. The van der Waals surface area contributed by atoms with Crippen molar-refractivity contribution in [2.45, 2.75) is 25.4 Å². The van der Waals surface area contributed by atoms with Crippen LogP contribution in [-0.4, -0.2) is 21.4 Å². The maximum atomic E-state index is 10.9. The fourth-order valence-electron chi connectivity index (χ4n) is 1.83. The first-order valence-corrected chi connectivity index (χ1v) is 6.36. The Bertz CT molecular complexity index is 693. The third kappa shape index (κ3) is 2.88. The second-order valence-corrected chi connectivity index (χ2v) is 4.71. The van der Waals surface area contributed by atoms with Gasteiger partial charge in [0, 0.05) is 17.5 Å². The fourth-order valence-corrected chi connectivity index (χ4v) is 1.83. The molecule has 1 aromatic heterocycles. The number of nitro benzene ring substituents is 1. The average molecular weight is 289 g/mol. The van der Waals surface area contributed by atoms with Crippen molar-refractivity contribution in [3.05, 3.63) is 45.6 Å². The summed E-state index contributed by atoms with van der Waals surface area (Å²) in [4.78, 5) is 25.2. The molecule has 1 saturated carbocycles. The van der Waals surface area contributed by atoms with Crippen molar-refractivity contribution in [1.82, 2.24) is 10.1 Å². The molecule has 0 atom stereocenters. The van der Waals surface area contributed by atoms with Gasteiger partial charge in [-0.3, -0.25) is 14.9 Å². The van der Waals surface area contributed by atoms with Crippen LogP contribution in [0, 0.1) is 10.1 Å². The first-order chi connectivity index (χ1) is 10.2. The van der Waals surface area contributed by atoms with Crippen molar-refractivity contribution in [2.24, 2.45) is 0 Å². The molecular weight excluding hydrogens is 278 g/mol. The number of rotatable bonds is 6. The molecule has 3 rings (SSSR count). The van der Waals surface area contributed by atoms with Gasteiger partial charge in [0.25, 0.3) is 0 Å². The SMILES string of the molecule is O=Cc1ccc([N+](=O)[O-])c(OCc2noc(C3CC3)n2)c1. The van der Waals surface area contributed by atoms with Crippen LogP contribution in [0.1, 0.15) is 40.8 Å². The Kier molecular flexibility index (Phi) is 3.35. The van der Waals surface area contributed by atoms with E-state index >= 15 is 0 Å². The molecule has 1 aromatic carbocycles. The lowest BCUT2D eigenvalue weighted by molar-refractivity contribution is -0.386. The normalized spacial score (nSPS) is 13.9. The second-order valence-electron chi connectivity index (χ2n) is 4.71. The highest BCUT2D eigenvalue weighted by molar-refractivity contribution is 5.76. The van der Waals surface area contributed by atoms with E-state index in [1.54, 1.807) is 0 Å². The van der Waals surface area contributed by atoms with Gasteiger partial charge in [0.2, 0.25) is 11.7 Å². The van der Waals surface area contributed by atoms with Crippen LogP contribution in [0.15, 0.2) is 22.7 Å². The monoisotopic (exact) mass is 289 g/mol. The predicted octanol–water partition coefficient (Wildman–Crippen LogP) is 2.25. The lowest BCUT2D eigenvalue weighted by atomic mass is 10.2. The Morgan fingerprint density at radius 3 is 2.95 bits per heavy atom. The zero-order valence-corrected chi connectivity index (χ0v) is 10.9. The lowest BCUT2D eigenvalue weighted by Gasteiger charge is -2.04. The zero-order valence-electron chi connectivity index (χ0n) is 10.9. The third-order valence-corrected chi connectivity index (χ3v) is 3.08. The molecule has 0 bridgehead atoms. The van der Waals surface area contributed by atoms with Crippen LogP contribution in [-0.2, 0) is 6.61 Å². The van der Waals surface area contributed by atoms with Gasteiger partial charge in [-0.25, -0.2) is 0 Å². The molecule has 108 valence electrons. The van der Waals surface area contributed by atoms with E-state index in [1.807, 2.05) is 0 Å². The Balaban J connectivity index is 1.75. The number of aldehydes is 1. The van der Waals surface area contributed by atoms with E-state index in [2.05, 4.69) is 10.1 Å². The van der Waals surface area contributed by atoms with Gasteiger partial charge in [-0.15, -0.1) is 0 Å². The zero-order chi connectivity index (χ0) is 14.8. The van der Waals surface area contributed by atoms with Gasteiger partial charge >= 0.3 is 5.69 Å². The number of nitro groups is 1. The van der Waals surface area contributed by atoms with Crippen LogP contribution in [0.4, 0.5) is 5.69 Å². The average Bonchev–Trinajstić information content (AvgIpc) is 3.23. The summed E-state index contributed by atoms with van der Waals surface area (Å²) in [6.45, 7) is -0.0562. The summed E-state index contributed by atoms with van der Waals surface area (Å²) in [5.74, 6) is 1.23. The molecule has 8 heteroatoms. The second kappa shape index (κ2) is 5.31. The molecular formula is C13H11N3O5. The molecule has 1 aliphatic rings. The summed E-state index contributed by atoms with van der Waals surface area (Å²) in [5, 5.41) is 14.7. The molecule has 0 unspecified atom stereocenters. The summed E-state index contributed by atoms with van der Waals surface area (Å²) < 4.78 is 10.4. The van der Waals surface area contributed by atoms with Crippen LogP contribution >= 0.6 is 0 Å². The van der Waals surface area contributed by atoms with Crippen molar-refractivity contribution in [2.75, 3.05) is 0 Å². The van der Waals surface area contributed by atoms with Gasteiger partial charge in [0.15, 0.2) is 12.4 Å². The smallest absolute Gasteiger partial charge is 0.310 e. The summed E-state index contributed by atoms with van der Waals surface area (Å²) in [7, 11) is 0. The minimum absolute atomic E-state index is 0.00220. The first-order valence-electron chi connectivity index (χ1n) is 6.36. The molecule has 1 aliphatic carbocycles. The summed E-state index contributed by atoms with van der Waals surface area (Å²) >= 11 is 0. The molecule has 1 fully saturated rings. The Morgan fingerprint density at radius 2 is 2.29 bits per heavy atom. The highest BCUT2D eigenvalue weighted by Gasteiger charge is 2.29. The molecule has 0 aliphatic heterocycles. The van der Waals surface area contributed by atoms with Crippen molar-refractivity contribution in [1.29, 1.82) is 0 Å². The highest BCUT2D eigenvalue weighted by atomic mass is 16.6. The number of carbonyl (C=O) groups is 1. The predicted molar refractivity (Wildman–Crippen MR) is 69.1 cm³/mol. The molecule has 0 saturated heterocycles. The summed E-state index contributed by atoms with van der Waals surface area (Å²) in [6, 6.07) is 3.90. The van der Waals surface area contributed by atoms with Gasteiger partial charge in [0.1, 0.15) is 6.29 Å². The maximum Gasteiger partial charge on any atom is 0.310 e. The number of nitrogens with zero attached hydrogens (tertiary/aromatic N) is 3. The van der Waals surface area contributed by atoms with Crippen molar-refractivity contribution in [3.63, 3.8) is 0 Å². The van der Waals surface area contributed by atoms with Gasteiger partial charge < -0.3 is 9.26 Å². The molecule has 21 heavy (non-hydrogen) atoms. The van der Waals surface area contributed by atoms with E-state index < -0.39 is 4.92 Å². The van der Waals surface area contributed by atoms with E-state index in [9.17, 15) is 14.9 Å². The Hall–Kier alpha value is -2.77. The van der Waals surface area contributed by atoms with Gasteiger partial charge in [-0.2, -0.15) is 4.98 Å². The van der Waals surface area contributed by atoms with Crippen LogP contribution in [0.25, 0.3) is 0 Å². The van der Waals surface area contributed by atoms with Gasteiger partial charge in [-0.1, -0.05) is 5.16 Å². The van der Waals surface area contributed by atoms with E-state index in [0.717, 1.165) is 12.8 Å². The molecule has 0 amide bonds. The van der Waals surface area contributed by atoms with Crippen molar-refractivity contribution in [3.8, 4) is 5.75 Å². The van der Waals surface area contributed by atoms with Gasteiger partial charge in [-0.05, 0) is 25.0 Å². The Morgan fingerprint density at radius 1 is 1.48 bits per heavy atom. The number of hydrogen-bond donors (Lipinski definition) is 0. The van der Waals surface area contributed by atoms with E-state index in [-0.39, 0.29) is 18.0 Å². The fraction of sp³-hybridized carbons (Fsp3) is 0.308. The number of aromatic nitrogens is 2. The van der Waals surface area contributed by atoms with Crippen LogP contribution in [0.2, 0.25) is 0 Å². The number of ether oxygens (including phenoxy) is 1. The topological polar surface area (TPSA) is 108 Å². The lowest BCUT2D eigenvalue weighted by Crippen LogP contribution is -2.01. The van der Waals surface area contributed by atoms with Crippen LogP contribution < -0.4 is 4.74 Å². The van der Waals surface area contributed by atoms with Crippen molar-refractivity contribution < 1.29 is 19.0 Å². The summed E-state index contributed by atoms with van der Waals surface area (Å²) in [5.41, 5.74) is 0.0777. The molecule has 0 N–H and O–H groups in total. The number of hydrogen-bond acceptors (Lipinski definition) is 7. The third-order valence-electron chi connectivity index (χ3n) is 3.08. The molecule has 2 aromatic rings. The quantitative estimate of drug-likeness (QED) is 0.455. The van der Waals surface area contributed by atoms with E-state index in [0.29, 0.717) is 29.5 Å². The van der Waals surface area contributed by atoms with Crippen molar-refractivity contribution >= 4 is 12.0 Å². The molecule has 0 spiro atoms. The first kappa shape index (κ1) is 13.2. The number of benzene rings is 1. The standard InChI is InChI=1S/C13H11N3O5/c17-6-8-1-4-10(16(18)19)11(5-8)20-7-12-14-13(21-15-12)9-2-3-9/h1,4-6,9H,2-3,7H2. The van der Waals surface area contributed by atoms with Crippen LogP contribution in [0.5, 0.6) is 5.75 Å². The van der Waals surface area contributed by atoms with E-state index in [1.165, 1.54) is 18.2 Å². The number of carbonyl (C=O) groups excluding carboxylic acids is 1. The molecule has 0 radical (unpaired) electrons. The molecule has 8 nitrogen and oxygen atoms in total.